The second-order valence-corrected chi connectivity index (χ2v) is 4.63. The molecule has 0 amide bonds. The highest BCUT2D eigenvalue weighted by atomic mass is 32.2. The summed E-state index contributed by atoms with van der Waals surface area (Å²) in [5, 5.41) is 1.05. The van der Waals surface area contributed by atoms with Gasteiger partial charge in [-0.3, -0.25) is 0 Å². The molecule has 13 heavy (non-hydrogen) atoms. The van der Waals surface area contributed by atoms with E-state index < -0.39 is 0 Å². The van der Waals surface area contributed by atoms with Gasteiger partial charge in [0.2, 0.25) is 0 Å². The minimum atomic E-state index is 0.847. The van der Waals surface area contributed by atoms with Crippen LogP contribution in [0.4, 0.5) is 0 Å². The summed E-state index contributed by atoms with van der Waals surface area (Å²) in [6.07, 6.45) is 5.02. The van der Waals surface area contributed by atoms with Crippen LogP contribution in [0.5, 0.6) is 0 Å². The Hall–Kier alpha value is -0.480. The third kappa shape index (κ3) is 2.48. The van der Waals surface area contributed by atoms with Crippen molar-refractivity contribution < 1.29 is 0 Å². The van der Waals surface area contributed by atoms with Gasteiger partial charge in [0.1, 0.15) is 0 Å². The molecule has 1 saturated heterocycles. The van der Waals surface area contributed by atoms with Crippen molar-refractivity contribution in [2.75, 3.05) is 25.9 Å². The van der Waals surface area contributed by atoms with Gasteiger partial charge in [-0.05, 0) is 25.9 Å². The highest BCUT2D eigenvalue weighted by molar-refractivity contribution is 7.99. The number of likely N-dealkylation sites (tertiary alicyclic amines) is 1. The van der Waals surface area contributed by atoms with Crippen molar-refractivity contribution in [3.8, 4) is 0 Å². The molecule has 1 aliphatic heterocycles. The third-order valence-electron chi connectivity index (χ3n) is 2.42. The number of H-pyrrole nitrogens is 1. The number of thioether (sulfide) groups is 1. The molecule has 0 bridgehead atoms. The molecule has 1 atom stereocenters. The van der Waals surface area contributed by atoms with Gasteiger partial charge in [-0.2, -0.15) is 0 Å². The Morgan fingerprint density at radius 3 is 3.31 bits per heavy atom. The van der Waals surface area contributed by atoms with Crippen LogP contribution < -0.4 is 0 Å². The Bertz CT molecular complexity index is 247. The summed E-state index contributed by atoms with van der Waals surface area (Å²) in [4.78, 5) is 9.70. The molecule has 0 saturated carbocycles. The normalized spacial score (nSPS) is 23.9. The van der Waals surface area contributed by atoms with E-state index in [0.29, 0.717) is 0 Å². The van der Waals surface area contributed by atoms with Gasteiger partial charge in [0.05, 0.1) is 0 Å². The standard InChI is InChI=1S/C9H15N3S/c1-12-5-2-8(6-12)7-13-9-10-3-4-11-9/h3-4,8H,2,5-7H2,1H3,(H,10,11). The van der Waals surface area contributed by atoms with Gasteiger partial charge in [-0.25, -0.2) is 4.98 Å². The lowest BCUT2D eigenvalue weighted by Crippen LogP contribution is -2.14. The molecule has 0 aromatic carbocycles. The molecule has 1 fully saturated rings. The minimum Gasteiger partial charge on any atom is -0.340 e. The van der Waals surface area contributed by atoms with Crippen LogP contribution in [0.15, 0.2) is 17.6 Å². The second-order valence-electron chi connectivity index (χ2n) is 3.62. The van der Waals surface area contributed by atoms with E-state index in [-0.39, 0.29) is 0 Å². The van der Waals surface area contributed by atoms with E-state index in [9.17, 15) is 0 Å². The summed E-state index contributed by atoms with van der Waals surface area (Å²) >= 11 is 1.83. The Morgan fingerprint density at radius 2 is 2.69 bits per heavy atom. The zero-order chi connectivity index (χ0) is 9.10. The zero-order valence-electron chi connectivity index (χ0n) is 7.86. The van der Waals surface area contributed by atoms with E-state index in [1.165, 1.54) is 25.3 Å². The lowest BCUT2D eigenvalue weighted by atomic mass is 10.2. The molecule has 2 rings (SSSR count). The molecular formula is C9H15N3S. The first-order chi connectivity index (χ1) is 6.34. The van der Waals surface area contributed by atoms with Crippen LogP contribution in [-0.2, 0) is 0 Å². The van der Waals surface area contributed by atoms with Crippen LogP contribution in [0.25, 0.3) is 0 Å². The van der Waals surface area contributed by atoms with E-state index in [4.69, 9.17) is 0 Å². The summed E-state index contributed by atoms with van der Waals surface area (Å²) < 4.78 is 0. The van der Waals surface area contributed by atoms with Crippen molar-refractivity contribution in [2.45, 2.75) is 11.6 Å². The Morgan fingerprint density at radius 1 is 1.77 bits per heavy atom. The average molecular weight is 197 g/mol. The molecule has 1 aromatic rings. The zero-order valence-corrected chi connectivity index (χ0v) is 8.68. The van der Waals surface area contributed by atoms with Crippen molar-refractivity contribution in [1.29, 1.82) is 0 Å². The summed E-state index contributed by atoms with van der Waals surface area (Å²) in [5.41, 5.74) is 0. The van der Waals surface area contributed by atoms with Crippen LogP contribution >= 0.6 is 11.8 Å². The molecule has 0 aliphatic carbocycles. The number of aromatic amines is 1. The smallest absolute Gasteiger partial charge is 0.165 e. The molecule has 4 heteroatoms. The number of hydrogen-bond acceptors (Lipinski definition) is 3. The van der Waals surface area contributed by atoms with Crippen LogP contribution in [0.2, 0.25) is 0 Å². The number of rotatable bonds is 3. The summed E-state index contributed by atoms with van der Waals surface area (Å²) in [5.74, 6) is 2.04. The predicted octanol–water partition coefficient (Wildman–Crippen LogP) is 1.45. The van der Waals surface area contributed by atoms with Crippen LogP contribution in [0.3, 0.4) is 0 Å². The van der Waals surface area contributed by atoms with Crippen LogP contribution in [0, 0.1) is 5.92 Å². The molecule has 0 spiro atoms. The number of hydrogen-bond donors (Lipinski definition) is 1. The lowest BCUT2D eigenvalue weighted by molar-refractivity contribution is 0.403. The first kappa shape index (κ1) is 9.09. The van der Waals surface area contributed by atoms with Crippen molar-refractivity contribution in [3.05, 3.63) is 12.4 Å². The third-order valence-corrected chi connectivity index (χ3v) is 3.55. The van der Waals surface area contributed by atoms with E-state index in [0.717, 1.165) is 11.1 Å². The van der Waals surface area contributed by atoms with Crippen molar-refractivity contribution >= 4 is 11.8 Å². The lowest BCUT2D eigenvalue weighted by Gasteiger charge is -2.08. The fourth-order valence-electron chi connectivity index (χ4n) is 1.69. The van der Waals surface area contributed by atoms with Gasteiger partial charge in [0, 0.05) is 24.7 Å². The topological polar surface area (TPSA) is 31.9 Å². The van der Waals surface area contributed by atoms with E-state index >= 15 is 0 Å². The molecule has 3 nitrogen and oxygen atoms in total. The molecule has 1 aliphatic rings. The maximum Gasteiger partial charge on any atom is 0.165 e. The summed E-state index contributed by atoms with van der Waals surface area (Å²) in [6, 6.07) is 0. The average Bonchev–Trinajstić information content (AvgIpc) is 2.71. The largest absolute Gasteiger partial charge is 0.340 e. The number of aromatic nitrogens is 2. The van der Waals surface area contributed by atoms with Gasteiger partial charge in [-0.1, -0.05) is 11.8 Å². The van der Waals surface area contributed by atoms with Crippen molar-refractivity contribution in [2.24, 2.45) is 5.92 Å². The monoisotopic (exact) mass is 197 g/mol. The van der Waals surface area contributed by atoms with E-state index in [1.807, 2.05) is 24.2 Å². The van der Waals surface area contributed by atoms with Gasteiger partial charge in [0.15, 0.2) is 5.16 Å². The Balaban J connectivity index is 1.74. The van der Waals surface area contributed by atoms with E-state index in [2.05, 4.69) is 21.9 Å². The highest BCUT2D eigenvalue weighted by Gasteiger charge is 2.19. The molecule has 0 radical (unpaired) electrons. The van der Waals surface area contributed by atoms with Gasteiger partial charge in [-0.15, -0.1) is 0 Å². The summed E-state index contributed by atoms with van der Waals surface area (Å²) in [6.45, 7) is 2.50. The summed E-state index contributed by atoms with van der Waals surface area (Å²) in [7, 11) is 2.19. The molecule has 1 unspecified atom stereocenters. The Labute approximate surface area is 82.9 Å². The quantitative estimate of drug-likeness (QED) is 0.744. The number of nitrogens with one attached hydrogen (secondary N) is 1. The van der Waals surface area contributed by atoms with Crippen molar-refractivity contribution in [3.63, 3.8) is 0 Å². The number of imidazole rings is 1. The second kappa shape index (κ2) is 4.15. The minimum absolute atomic E-state index is 0.847. The van der Waals surface area contributed by atoms with Crippen LogP contribution in [-0.4, -0.2) is 40.8 Å². The molecule has 1 N–H and O–H groups in total. The van der Waals surface area contributed by atoms with E-state index in [1.54, 1.807) is 0 Å². The molecule has 2 heterocycles. The maximum atomic E-state index is 4.19. The molecule has 1 aromatic heterocycles. The predicted molar refractivity (Wildman–Crippen MR) is 54.9 cm³/mol. The number of nitrogens with zero attached hydrogens (tertiary/aromatic N) is 2. The maximum absolute atomic E-state index is 4.19. The van der Waals surface area contributed by atoms with Gasteiger partial charge in [0.25, 0.3) is 0 Å². The Kier molecular flexibility index (Phi) is 2.90. The van der Waals surface area contributed by atoms with Gasteiger partial charge < -0.3 is 9.88 Å². The fraction of sp³-hybridized carbons (Fsp3) is 0.667. The van der Waals surface area contributed by atoms with Gasteiger partial charge >= 0.3 is 0 Å². The highest BCUT2D eigenvalue weighted by Crippen LogP contribution is 2.22. The fourth-order valence-corrected chi connectivity index (χ4v) is 2.64. The first-order valence-electron chi connectivity index (χ1n) is 4.65. The SMILES string of the molecule is CN1CCC(CSc2ncc[nH]2)C1. The van der Waals surface area contributed by atoms with Crippen LogP contribution in [0.1, 0.15) is 6.42 Å². The molecule has 72 valence electrons. The molecular weight excluding hydrogens is 182 g/mol. The first-order valence-corrected chi connectivity index (χ1v) is 5.64. The van der Waals surface area contributed by atoms with Crippen molar-refractivity contribution in [1.82, 2.24) is 14.9 Å².